The van der Waals surface area contributed by atoms with E-state index < -0.39 is 0 Å². The zero-order valence-electron chi connectivity index (χ0n) is 11.5. The lowest BCUT2D eigenvalue weighted by Gasteiger charge is -2.34. The summed E-state index contributed by atoms with van der Waals surface area (Å²) in [6, 6.07) is 0. The number of hydrogen-bond donors (Lipinski definition) is 3. The van der Waals surface area contributed by atoms with Gasteiger partial charge in [-0.1, -0.05) is 20.3 Å². The van der Waals surface area contributed by atoms with Crippen LogP contribution in [-0.2, 0) is 6.42 Å². The number of aliphatic hydroxyl groups excluding tert-OH is 1. The summed E-state index contributed by atoms with van der Waals surface area (Å²) in [4.78, 5) is 14.1. The van der Waals surface area contributed by atoms with Gasteiger partial charge in [-0.15, -0.1) is 0 Å². The van der Waals surface area contributed by atoms with Crippen molar-refractivity contribution < 1.29 is 9.90 Å². The van der Waals surface area contributed by atoms with Gasteiger partial charge >= 0.3 is 0 Å². The molecule has 2 unspecified atom stereocenters. The number of aryl methyl sites for hydroxylation is 1. The third kappa shape index (κ3) is 2.73. The van der Waals surface area contributed by atoms with E-state index in [1.54, 1.807) is 4.90 Å². The summed E-state index contributed by atoms with van der Waals surface area (Å²) in [5, 5.41) is 16.6. The normalized spacial score (nSPS) is 23.6. The Morgan fingerprint density at radius 1 is 1.63 bits per heavy atom. The fraction of sp³-hybridized carbons (Fsp3) is 0.692. The van der Waals surface area contributed by atoms with Gasteiger partial charge in [-0.25, -0.2) is 0 Å². The van der Waals surface area contributed by atoms with Gasteiger partial charge in [0.1, 0.15) is 0 Å². The third-order valence-electron chi connectivity index (χ3n) is 3.73. The molecule has 0 spiro atoms. The lowest BCUT2D eigenvalue weighted by Crippen LogP contribution is -2.45. The minimum Gasteiger partial charge on any atom is -0.395 e. The van der Waals surface area contributed by atoms with Gasteiger partial charge in [0.2, 0.25) is 0 Å². The molecular formula is C13H22N4O2. The predicted octanol–water partition coefficient (Wildman–Crippen LogP) is 0.787. The van der Waals surface area contributed by atoms with Crippen LogP contribution >= 0.6 is 0 Å². The van der Waals surface area contributed by atoms with Crippen molar-refractivity contribution in [1.29, 1.82) is 0 Å². The van der Waals surface area contributed by atoms with Gasteiger partial charge in [0.25, 0.3) is 5.91 Å². The molecule has 2 heterocycles. The number of nitrogens with two attached hydrogens (primary N) is 1. The average Bonchev–Trinajstić information content (AvgIpc) is 2.74. The van der Waals surface area contributed by atoms with Crippen LogP contribution in [0, 0.1) is 5.92 Å². The molecule has 1 aromatic rings. The van der Waals surface area contributed by atoms with E-state index in [2.05, 4.69) is 17.1 Å². The maximum absolute atomic E-state index is 12.4. The molecule has 6 nitrogen and oxygen atoms in total. The second-order valence-electron chi connectivity index (χ2n) is 5.30. The molecule has 0 bridgehead atoms. The number of piperidine rings is 1. The Labute approximate surface area is 113 Å². The highest BCUT2D eigenvalue weighted by Gasteiger charge is 2.30. The highest BCUT2D eigenvalue weighted by molar-refractivity contribution is 5.97. The van der Waals surface area contributed by atoms with Crippen LogP contribution in [0.4, 0.5) is 5.69 Å². The van der Waals surface area contributed by atoms with Gasteiger partial charge in [-0.2, -0.15) is 5.10 Å². The summed E-state index contributed by atoms with van der Waals surface area (Å²) in [7, 11) is 0. The van der Waals surface area contributed by atoms with Gasteiger partial charge in [0.05, 0.1) is 17.5 Å². The van der Waals surface area contributed by atoms with Crippen LogP contribution in [0.25, 0.3) is 0 Å². The van der Waals surface area contributed by atoms with Crippen LogP contribution in [0.15, 0.2) is 0 Å². The van der Waals surface area contributed by atoms with E-state index in [-0.39, 0.29) is 17.9 Å². The molecule has 0 radical (unpaired) electrons. The zero-order chi connectivity index (χ0) is 14.0. The van der Waals surface area contributed by atoms with E-state index in [0.29, 0.717) is 30.9 Å². The van der Waals surface area contributed by atoms with Crippen LogP contribution < -0.4 is 5.73 Å². The molecule has 6 heteroatoms. The van der Waals surface area contributed by atoms with Gasteiger partial charge in [-0.05, 0) is 18.8 Å². The number of aliphatic hydroxyl groups is 1. The smallest absolute Gasteiger partial charge is 0.276 e. The van der Waals surface area contributed by atoms with E-state index >= 15 is 0 Å². The van der Waals surface area contributed by atoms with Crippen molar-refractivity contribution in [3.63, 3.8) is 0 Å². The largest absolute Gasteiger partial charge is 0.395 e. The molecule has 1 aliphatic heterocycles. The van der Waals surface area contributed by atoms with E-state index in [0.717, 1.165) is 18.5 Å². The van der Waals surface area contributed by atoms with Gasteiger partial charge in [-0.3, -0.25) is 9.89 Å². The number of H-pyrrole nitrogens is 1. The van der Waals surface area contributed by atoms with Gasteiger partial charge in [0, 0.05) is 13.1 Å². The first-order chi connectivity index (χ1) is 9.04. The Morgan fingerprint density at radius 3 is 3.00 bits per heavy atom. The number of aromatic amines is 1. The first kappa shape index (κ1) is 13.9. The molecular weight excluding hydrogens is 244 g/mol. The maximum Gasteiger partial charge on any atom is 0.276 e. The number of hydrogen-bond acceptors (Lipinski definition) is 4. The minimum absolute atomic E-state index is 0.0907. The molecule has 1 fully saturated rings. The van der Waals surface area contributed by atoms with Crippen LogP contribution in [-0.4, -0.2) is 45.3 Å². The number of aromatic nitrogens is 2. The second kappa shape index (κ2) is 5.61. The van der Waals surface area contributed by atoms with Crippen molar-refractivity contribution in [2.45, 2.75) is 39.2 Å². The molecule has 106 valence electrons. The molecule has 0 aromatic carbocycles. The lowest BCUT2D eigenvalue weighted by molar-refractivity contribution is 0.0295. The average molecular weight is 266 g/mol. The van der Waals surface area contributed by atoms with Crippen molar-refractivity contribution in [1.82, 2.24) is 15.1 Å². The number of nitrogens with zero attached hydrogens (tertiary/aromatic N) is 2. The third-order valence-corrected chi connectivity index (χ3v) is 3.73. The minimum atomic E-state index is -0.323. The molecule has 0 aliphatic carbocycles. The van der Waals surface area contributed by atoms with Crippen molar-refractivity contribution in [3.05, 3.63) is 11.4 Å². The molecule has 4 N–H and O–H groups in total. The maximum atomic E-state index is 12.4. The number of carbonyl (C=O) groups excluding carboxylic acids is 1. The van der Waals surface area contributed by atoms with Crippen molar-refractivity contribution in [2.24, 2.45) is 5.92 Å². The summed E-state index contributed by atoms with van der Waals surface area (Å²) >= 11 is 0. The standard InChI is InChI=1S/C13H22N4O2/c1-3-4-9-11(14)12(16-15-9)13(19)17-6-5-10(18)8(2)7-17/h8,10,18H,3-7,14H2,1-2H3,(H,15,16). The number of amides is 1. The predicted molar refractivity (Wildman–Crippen MR) is 72.7 cm³/mol. The molecule has 1 aromatic heterocycles. The number of rotatable bonds is 3. The molecule has 2 atom stereocenters. The lowest BCUT2D eigenvalue weighted by atomic mass is 9.96. The Kier molecular flexibility index (Phi) is 4.09. The molecule has 1 aliphatic rings. The molecule has 19 heavy (non-hydrogen) atoms. The number of carbonyl (C=O) groups is 1. The van der Waals surface area contributed by atoms with Crippen LogP contribution in [0.5, 0.6) is 0 Å². The van der Waals surface area contributed by atoms with E-state index in [4.69, 9.17) is 5.73 Å². The molecule has 0 saturated carbocycles. The van der Waals surface area contributed by atoms with Crippen molar-refractivity contribution in [2.75, 3.05) is 18.8 Å². The van der Waals surface area contributed by atoms with E-state index in [9.17, 15) is 9.90 Å². The Balaban J connectivity index is 2.11. The summed E-state index contributed by atoms with van der Waals surface area (Å²) in [6.07, 6.45) is 2.03. The van der Waals surface area contributed by atoms with Gasteiger partial charge < -0.3 is 15.7 Å². The number of nitrogen functional groups attached to an aromatic ring is 1. The van der Waals surface area contributed by atoms with Crippen LogP contribution in [0.1, 0.15) is 42.9 Å². The Morgan fingerprint density at radius 2 is 2.37 bits per heavy atom. The summed E-state index contributed by atoms with van der Waals surface area (Å²) in [6.45, 7) is 5.10. The number of likely N-dealkylation sites (tertiary alicyclic amines) is 1. The number of anilines is 1. The Bertz CT molecular complexity index is 457. The molecule has 2 rings (SSSR count). The first-order valence-corrected chi connectivity index (χ1v) is 6.84. The quantitative estimate of drug-likeness (QED) is 0.753. The molecule has 1 amide bonds. The number of nitrogens with one attached hydrogen (secondary N) is 1. The Hall–Kier alpha value is -1.56. The summed E-state index contributed by atoms with van der Waals surface area (Å²) in [5.41, 5.74) is 7.57. The topological polar surface area (TPSA) is 95.2 Å². The van der Waals surface area contributed by atoms with Gasteiger partial charge in [0.15, 0.2) is 5.69 Å². The molecule has 1 saturated heterocycles. The highest BCUT2D eigenvalue weighted by Crippen LogP contribution is 2.22. The van der Waals surface area contributed by atoms with Crippen LogP contribution in [0.2, 0.25) is 0 Å². The SMILES string of the molecule is CCCc1[nH]nc(C(=O)N2CCC(O)C(C)C2)c1N. The fourth-order valence-electron chi connectivity index (χ4n) is 2.46. The first-order valence-electron chi connectivity index (χ1n) is 6.84. The monoisotopic (exact) mass is 266 g/mol. The summed E-state index contributed by atoms with van der Waals surface area (Å²) < 4.78 is 0. The van der Waals surface area contributed by atoms with E-state index in [1.807, 2.05) is 6.92 Å². The zero-order valence-corrected chi connectivity index (χ0v) is 11.5. The summed E-state index contributed by atoms with van der Waals surface area (Å²) in [5.74, 6) is -0.0529. The van der Waals surface area contributed by atoms with Crippen LogP contribution in [0.3, 0.4) is 0 Å². The van der Waals surface area contributed by atoms with Crippen molar-refractivity contribution in [3.8, 4) is 0 Å². The highest BCUT2D eigenvalue weighted by atomic mass is 16.3. The van der Waals surface area contributed by atoms with E-state index in [1.165, 1.54) is 0 Å². The second-order valence-corrected chi connectivity index (χ2v) is 5.30. The van der Waals surface area contributed by atoms with Crippen molar-refractivity contribution >= 4 is 11.6 Å². The fourth-order valence-corrected chi connectivity index (χ4v) is 2.46.